The second kappa shape index (κ2) is 8.39. The molecule has 3 aromatic rings. The van der Waals surface area contributed by atoms with Gasteiger partial charge in [-0.05, 0) is 26.0 Å². The predicted molar refractivity (Wildman–Crippen MR) is 112 cm³/mol. The number of rotatable bonds is 5. The molecule has 0 unspecified atom stereocenters. The van der Waals surface area contributed by atoms with Crippen molar-refractivity contribution in [3.8, 4) is 11.5 Å². The third-order valence-corrected chi connectivity index (χ3v) is 5.98. The molecule has 1 aromatic heterocycles. The van der Waals surface area contributed by atoms with Gasteiger partial charge in [-0.25, -0.2) is 0 Å². The topological polar surface area (TPSA) is 73.6 Å². The summed E-state index contributed by atoms with van der Waals surface area (Å²) in [6, 6.07) is 10.8. The van der Waals surface area contributed by atoms with Crippen molar-refractivity contribution in [1.82, 2.24) is 5.16 Å². The van der Waals surface area contributed by atoms with Crippen molar-refractivity contribution >= 4 is 35.0 Å². The molecule has 150 valence electrons. The first-order chi connectivity index (χ1) is 14.0. The Balaban J connectivity index is 1.54. The molecule has 4 rings (SSSR count). The smallest absolute Gasteiger partial charge is 0.256 e. The van der Waals surface area contributed by atoms with Gasteiger partial charge in [-0.15, -0.1) is 11.8 Å². The zero-order chi connectivity index (χ0) is 20.4. The third kappa shape index (κ3) is 4.21. The van der Waals surface area contributed by atoms with E-state index in [1.165, 1.54) is 0 Å². The number of benzene rings is 2. The van der Waals surface area contributed by atoms with E-state index in [4.69, 9.17) is 25.6 Å². The number of aromatic nitrogens is 1. The van der Waals surface area contributed by atoms with E-state index in [9.17, 15) is 4.79 Å². The first-order valence-corrected chi connectivity index (χ1v) is 10.4. The quantitative estimate of drug-likeness (QED) is 0.556. The van der Waals surface area contributed by atoms with Crippen LogP contribution in [0.4, 0.5) is 5.69 Å². The SMILES string of the molecule is Cc1noc(C)c1CSc1ccccc1C(=O)Nc1cc2c(cc1Cl)OCCO2. The van der Waals surface area contributed by atoms with E-state index in [1.807, 2.05) is 32.0 Å². The molecule has 6 nitrogen and oxygen atoms in total. The summed E-state index contributed by atoms with van der Waals surface area (Å²) in [6.45, 7) is 4.74. The summed E-state index contributed by atoms with van der Waals surface area (Å²) in [5.41, 5.74) is 2.95. The third-order valence-electron chi connectivity index (χ3n) is 4.56. The maximum atomic E-state index is 13.0. The molecule has 0 saturated heterocycles. The van der Waals surface area contributed by atoms with E-state index in [0.717, 1.165) is 21.9 Å². The molecule has 8 heteroatoms. The highest BCUT2D eigenvalue weighted by molar-refractivity contribution is 7.98. The van der Waals surface area contributed by atoms with Crippen molar-refractivity contribution in [2.75, 3.05) is 18.5 Å². The summed E-state index contributed by atoms with van der Waals surface area (Å²) >= 11 is 7.88. The van der Waals surface area contributed by atoms with Gasteiger partial charge < -0.3 is 19.3 Å². The molecular weight excluding hydrogens is 412 g/mol. The summed E-state index contributed by atoms with van der Waals surface area (Å²) < 4.78 is 16.3. The number of fused-ring (bicyclic) bond motifs is 1. The lowest BCUT2D eigenvalue weighted by molar-refractivity contribution is 0.102. The number of nitrogens with one attached hydrogen (secondary N) is 1. The molecule has 29 heavy (non-hydrogen) atoms. The second-order valence-electron chi connectivity index (χ2n) is 6.52. The minimum Gasteiger partial charge on any atom is -0.486 e. The van der Waals surface area contributed by atoms with Crippen LogP contribution < -0.4 is 14.8 Å². The van der Waals surface area contributed by atoms with Gasteiger partial charge >= 0.3 is 0 Å². The molecular formula is C21H19ClN2O4S. The molecule has 0 radical (unpaired) electrons. The van der Waals surface area contributed by atoms with Gasteiger partial charge in [-0.3, -0.25) is 4.79 Å². The zero-order valence-corrected chi connectivity index (χ0v) is 17.5. The largest absolute Gasteiger partial charge is 0.486 e. The Morgan fingerprint density at radius 2 is 1.90 bits per heavy atom. The number of carbonyl (C=O) groups excluding carboxylic acids is 1. The van der Waals surface area contributed by atoms with Gasteiger partial charge in [0.15, 0.2) is 11.5 Å². The van der Waals surface area contributed by atoms with Gasteiger partial charge in [0.2, 0.25) is 0 Å². The molecule has 0 bridgehead atoms. The number of aryl methyl sites for hydroxylation is 2. The Kier molecular flexibility index (Phi) is 5.69. The monoisotopic (exact) mass is 430 g/mol. The van der Waals surface area contributed by atoms with E-state index in [1.54, 1.807) is 30.0 Å². The van der Waals surface area contributed by atoms with Crippen molar-refractivity contribution in [3.05, 3.63) is 64.0 Å². The molecule has 0 saturated carbocycles. The first kappa shape index (κ1) is 19.7. The number of anilines is 1. The maximum Gasteiger partial charge on any atom is 0.256 e. The van der Waals surface area contributed by atoms with Crippen LogP contribution in [0.25, 0.3) is 0 Å². The number of thioether (sulfide) groups is 1. The molecule has 0 fully saturated rings. The Morgan fingerprint density at radius 3 is 2.62 bits per heavy atom. The van der Waals surface area contributed by atoms with E-state index >= 15 is 0 Å². The van der Waals surface area contributed by atoms with Crippen molar-refractivity contribution in [3.63, 3.8) is 0 Å². The predicted octanol–water partition coefficient (Wildman–Crippen LogP) is 5.26. The Bertz CT molecular complexity index is 1050. The van der Waals surface area contributed by atoms with Gasteiger partial charge in [0, 0.05) is 28.3 Å². The standard InChI is InChI=1S/C21H19ClN2O4S/c1-12-15(13(2)28-24-12)11-29-20-6-4-3-5-14(20)21(25)23-17-10-19-18(9-16(17)22)26-7-8-27-19/h3-6,9-10H,7-8,11H2,1-2H3,(H,23,25). The van der Waals surface area contributed by atoms with Crippen LogP contribution in [0, 0.1) is 13.8 Å². The lowest BCUT2D eigenvalue weighted by atomic mass is 10.2. The highest BCUT2D eigenvalue weighted by Crippen LogP contribution is 2.38. The van der Waals surface area contributed by atoms with Crippen LogP contribution in [-0.4, -0.2) is 24.3 Å². The number of ether oxygens (including phenoxy) is 2. The maximum absolute atomic E-state index is 13.0. The number of hydrogen-bond acceptors (Lipinski definition) is 6. The summed E-state index contributed by atoms with van der Waals surface area (Å²) in [7, 11) is 0. The van der Waals surface area contributed by atoms with Gasteiger partial charge in [0.25, 0.3) is 5.91 Å². The lowest BCUT2D eigenvalue weighted by Crippen LogP contribution is -2.17. The van der Waals surface area contributed by atoms with Crippen LogP contribution >= 0.6 is 23.4 Å². The van der Waals surface area contributed by atoms with Gasteiger partial charge in [-0.2, -0.15) is 0 Å². The second-order valence-corrected chi connectivity index (χ2v) is 7.94. The molecule has 0 spiro atoms. The average molecular weight is 431 g/mol. The lowest BCUT2D eigenvalue weighted by Gasteiger charge is -2.20. The van der Waals surface area contributed by atoms with Gasteiger partial charge in [0.1, 0.15) is 19.0 Å². The van der Waals surface area contributed by atoms with Crippen LogP contribution in [0.3, 0.4) is 0 Å². The van der Waals surface area contributed by atoms with Crippen molar-refractivity contribution in [2.45, 2.75) is 24.5 Å². The van der Waals surface area contributed by atoms with Crippen LogP contribution in [-0.2, 0) is 5.75 Å². The van der Waals surface area contributed by atoms with Crippen molar-refractivity contribution < 1.29 is 18.8 Å². The van der Waals surface area contributed by atoms with E-state index in [0.29, 0.717) is 46.7 Å². The number of nitrogens with zero attached hydrogens (tertiary/aromatic N) is 1. The Morgan fingerprint density at radius 1 is 1.17 bits per heavy atom. The fourth-order valence-electron chi connectivity index (χ4n) is 2.99. The van der Waals surface area contributed by atoms with Crippen LogP contribution in [0.2, 0.25) is 5.02 Å². The van der Waals surface area contributed by atoms with Crippen molar-refractivity contribution in [1.29, 1.82) is 0 Å². The van der Waals surface area contributed by atoms with Crippen LogP contribution in [0.1, 0.15) is 27.4 Å². The zero-order valence-electron chi connectivity index (χ0n) is 16.0. The minimum atomic E-state index is -0.245. The number of carbonyl (C=O) groups is 1. The number of halogens is 1. The summed E-state index contributed by atoms with van der Waals surface area (Å²) in [5, 5.41) is 7.26. The fourth-order valence-corrected chi connectivity index (χ4v) is 4.39. The molecule has 1 aliphatic heterocycles. The van der Waals surface area contributed by atoms with Crippen LogP contribution in [0.15, 0.2) is 45.8 Å². The molecule has 1 N–H and O–H groups in total. The van der Waals surface area contributed by atoms with E-state index < -0.39 is 0 Å². The normalized spacial score (nSPS) is 12.7. The summed E-state index contributed by atoms with van der Waals surface area (Å²) in [4.78, 5) is 13.8. The summed E-state index contributed by atoms with van der Waals surface area (Å²) in [6.07, 6.45) is 0. The first-order valence-electron chi connectivity index (χ1n) is 9.07. The van der Waals surface area contributed by atoms with Crippen molar-refractivity contribution in [2.24, 2.45) is 0 Å². The van der Waals surface area contributed by atoms with Gasteiger partial charge in [0.05, 0.1) is 22.0 Å². The van der Waals surface area contributed by atoms with E-state index in [-0.39, 0.29) is 5.91 Å². The van der Waals surface area contributed by atoms with Crippen LogP contribution in [0.5, 0.6) is 11.5 Å². The average Bonchev–Trinajstić information content (AvgIpc) is 3.04. The fraction of sp³-hybridized carbons (Fsp3) is 0.238. The molecule has 2 heterocycles. The summed E-state index contributed by atoms with van der Waals surface area (Å²) in [5.74, 6) is 2.35. The number of amides is 1. The molecule has 2 aromatic carbocycles. The molecule has 0 atom stereocenters. The number of hydrogen-bond donors (Lipinski definition) is 1. The molecule has 1 amide bonds. The molecule has 1 aliphatic rings. The molecule has 0 aliphatic carbocycles. The van der Waals surface area contributed by atoms with Gasteiger partial charge in [-0.1, -0.05) is 28.9 Å². The highest BCUT2D eigenvalue weighted by atomic mass is 35.5. The van der Waals surface area contributed by atoms with E-state index in [2.05, 4.69) is 10.5 Å². The minimum absolute atomic E-state index is 0.245. The highest BCUT2D eigenvalue weighted by Gasteiger charge is 2.19. The Hall–Kier alpha value is -2.64. The Labute approximate surface area is 177 Å².